The number of thioether (sulfide) groups is 1. The lowest BCUT2D eigenvalue weighted by Crippen LogP contribution is -2.32. The van der Waals surface area contributed by atoms with Crippen LogP contribution in [0.3, 0.4) is 0 Å². The Morgan fingerprint density at radius 2 is 2.35 bits per heavy atom. The number of aromatic nitrogens is 1. The minimum atomic E-state index is -0.151. The Labute approximate surface area is 105 Å². The minimum Gasteiger partial charge on any atom is -0.349 e. The summed E-state index contributed by atoms with van der Waals surface area (Å²) in [5.74, 6) is 5.59. The highest BCUT2D eigenvalue weighted by atomic mass is 32.2. The fraction of sp³-hybridized carbons (Fsp3) is 0.455. The Morgan fingerprint density at radius 3 is 2.94 bits per heavy atom. The number of anilines is 1. The van der Waals surface area contributed by atoms with Gasteiger partial charge in [-0.05, 0) is 31.2 Å². The molecule has 2 rings (SSSR count). The topological polar surface area (TPSA) is 80.0 Å². The molecule has 17 heavy (non-hydrogen) atoms. The van der Waals surface area contributed by atoms with E-state index < -0.39 is 0 Å². The monoisotopic (exact) mass is 252 g/mol. The van der Waals surface area contributed by atoms with Gasteiger partial charge in [-0.3, -0.25) is 4.79 Å². The van der Waals surface area contributed by atoms with Gasteiger partial charge in [0.1, 0.15) is 11.5 Å². The summed E-state index contributed by atoms with van der Waals surface area (Å²) < 4.78 is 0.263. The number of nitrogens with zero attached hydrogens (tertiary/aromatic N) is 1. The van der Waals surface area contributed by atoms with Gasteiger partial charge in [-0.2, -0.15) is 11.8 Å². The van der Waals surface area contributed by atoms with Crippen molar-refractivity contribution in [3.63, 3.8) is 0 Å². The van der Waals surface area contributed by atoms with E-state index in [0.717, 1.165) is 0 Å². The van der Waals surface area contributed by atoms with Gasteiger partial charge in [-0.15, -0.1) is 0 Å². The molecule has 1 aromatic rings. The van der Waals surface area contributed by atoms with Crippen LogP contribution in [0.15, 0.2) is 18.2 Å². The van der Waals surface area contributed by atoms with Gasteiger partial charge in [0, 0.05) is 11.3 Å². The largest absolute Gasteiger partial charge is 0.349 e. The van der Waals surface area contributed by atoms with E-state index in [1.54, 1.807) is 18.2 Å². The first-order valence-corrected chi connectivity index (χ1v) is 6.69. The van der Waals surface area contributed by atoms with E-state index in [2.05, 4.69) is 22.0 Å². The molecule has 5 nitrogen and oxygen atoms in total. The number of carbonyl (C=O) groups excluding carboxylic acids is 1. The minimum absolute atomic E-state index is 0.151. The molecule has 0 unspecified atom stereocenters. The number of nitrogens with two attached hydrogens (primary N) is 1. The Balaban J connectivity index is 1.95. The summed E-state index contributed by atoms with van der Waals surface area (Å²) in [7, 11) is 0. The lowest BCUT2D eigenvalue weighted by molar-refractivity contribution is 0.0948. The van der Waals surface area contributed by atoms with Crippen molar-refractivity contribution in [2.45, 2.75) is 17.6 Å². The van der Waals surface area contributed by atoms with Gasteiger partial charge in [0.15, 0.2) is 0 Å². The number of carbonyl (C=O) groups is 1. The molecule has 1 aliphatic rings. The summed E-state index contributed by atoms with van der Waals surface area (Å²) in [6, 6.07) is 5.13. The van der Waals surface area contributed by atoms with E-state index in [1.807, 2.05) is 11.8 Å². The van der Waals surface area contributed by atoms with Crippen LogP contribution >= 0.6 is 11.8 Å². The molecule has 1 aromatic heterocycles. The van der Waals surface area contributed by atoms with Crippen LogP contribution in [0.1, 0.15) is 23.3 Å². The third kappa shape index (κ3) is 2.89. The van der Waals surface area contributed by atoms with Gasteiger partial charge >= 0.3 is 0 Å². The molecule has 0 aromatic carbocycles. The lowest BCUT2D eigenvalue weighted by atomic mass is 10.3. The van der Waals surface area contributed by atoms with Crippen molar-refractivity contribution in [2.24, 2.45) is 5.84 Å². The first-order valence-electron chi connectivity index (χ1n) is 5.46. The summed E-state index contributed by atoms with van der Waals surface area (Å²) in [6.45, 7) is 0.703. The maximum absolute atomic E-state index is 11.9. The van der Waals surface area contributed by atoms with Crippen molar-refractivity contribution in [3.8, 4) is 0 Å². The van der Waals surface area contributed by atoms with Crippen LogP contribution in [0.5, 0.6) is 0 Å². The van der Waals surface area contributed by atoms with E-state index in [9.17, 15) is 4.79 Å². The van der Waals surface area contributed by atoms with E-state index in [4.69, 9.17) is 5.84 Å². The first kappa shape index (κ1) is 12.2. The van der Waals surface area contributed by atoms with Gasteiger partial charge in [0.25, 0.3) is 5.91 Å². The molecule has 1 amide bonds. The molecule has 92 valence electrons. The number of nitrogens with one attached hydrogen (secondary N) is 2. The number of nitrogen functional groups attached to an aromatic ring is 1. The maximum Gasteiger partial charge on any atom is 0.270 e. The molecule has 0 saturated heterocycles. The third-order valence-electron chi connectivity index (χ3n) is 2.94. The SMILES string of the molecule is CSC1(CNC(=O)c2cccc(NN)n2)CC1. The molecule has 0 spiro atoms. The molecule has 0 bridgehead atoms. The summed E-state index contributed by atoms with van der Waals surface area (Å²) in [5, 5.41) is 2.91. The number of hydrogen-bond acceptors (Lipinski definition) is 5. The van der Waals surface area contributed by atoms with Crippen molar-refractivity contribution in [3.05, 3.63) is 23.9 Å². The van der Waals surface area contributed by atoms with Crippen LogP contribution in [0.4, 0.5) is 5.82 Å². The number of rotatable bonds is 5. The Hall–Kier alpha value is -1.27. The van der Waals surface area contributed by atoms with Crippen LogP contribution in [0.2, 0.25) is 0 Å². The van der Waals surface area contributed by atoms with Crippen LogP contribution in [0, 0.1) is 0 Å². The van der Waals surface area contributed by atoms with E-state index in [1.165, 1.54) is 12.8 Å². The zero-order valence-corrected chi connectivity index (χ0v) is 10.5. The normalized spacial score (nSPS) is 16.4. The van der Waals surface area contributed by atoms with Gasteiger partial charge in [0.2, 0.25) is 0 Å². The zero-order valence-electron chi connectivity index (χ0n) is 9.69. The molecule has 0 aliphatic heterocycles. The molecule has 4 N–H and O–H groups in total. The molecule has 6 heteroatoms. The molecule has 0 radical (unpaired) electrons. The molecular weight excluding hydrogens is 236 g/mol. The molecule has 1 aliphatic carbocycles. The lowest BCUT2D eigenvalue weighted by Gasteiger charge is -2.12. The predicted octanol–water partition coefficient (Wildman–Crippen LogP) is 0.993. The number of hydrazine groups is 1. The van der Waals surface area contributed by atoms with E-state index >= 15 is 0 Å². The third-order valence-corrected chi connectivity index (χ3v) is 4.36. The second-order valence-electron chi connectivity index (χ2n) is 4.12. The van der Waals surface area contributed by atoms with E-state index in [-0.39, 0.29) is 10.7 Å². The van der Waals surface area contributed by atoms with Crippen molar-refractivity contribution in [1.29, 1.82) is 0 Å². The highest BCUT2D eigenvalue weighted by molar-refractivity contribution is 8.00. The summed E-state index contributed by atoms with van der Waals surface area (Å²) in [5.41, 5.74) is 2.81. The Bertz CT molecular complexity index is 420. The summed E-state index contributed by atoms with van der Waals surface area (Å²) >= 11 is 1.82. The highest BCUT2D eigenvalue weighted by Gasteiger charge is 2.41. The molecule has 1 heterocycles. The van der Waals surface area contributed by atoms with Gasteiger partial charge in [-0.1, -0.05) is 6.07 Å². The number of hydrogen-bond donors (Lipinski definition) is 3. The zero-order chi connectivity index (χ0) is 12.3. The van der Waals surface area contributed by atoms with Crippen molar-refractivity contribution < 1.29 is 4.79 Å². The van der Waals surface area contributed by atoms with Gasteiger partial charge in [-0.25, -0.2) is 10.8 Å². The van der Waals surface area contributed by atoms with Gasteiger partial charge < -0.3 is 10.7 Å². The van der Waals surface area contributed by atoms with Crippen molar-refractivity contribution >= 4 is 23.5 Å². The predicted molar refractivity (Wildman–Crippen MR) is 69.9 cm³/mol. The standard InChI is InChI=1S/C11H16N4OS/c1-17-11(5-6-11)7-13-10(16)8-3-2-4-9(14-8)15-12/h2-4H,5-7,12H2,1H3,(H,13,16)(H,14,15). The average molecular weight is 252 g/mol. The molecule has 0 atom stereocenters. The summed E-state index contributed by atoms with van der Waals surface area (Å²) in [4.78, 5) is 15.9. The van der Waals surface area contributed by atoms with Crippen molar-refractivity contribution in [2.75, 3.05) is 18.2 Å². The van der Waals surface area contributed by atoms with Crippen LogP contribution in [-0.4, -0.2) is 28.4 Å². The number of amides is 1. The molecular formula is C11H16N4OS. The Kier molecular flexibility index (Phi) is 3.54. The smallest absolute Gasteiger partial charge is 0.270 e. The van der Waals surface area contributed by atoms with Gasteiger partial charge in [0.05, 0.1) is 0 Å². The first-order chi connectivity index (χ1) is 8.19. The quantitative estimate of drug-likeness (QED) is 0.538. The highest BCUT2D eigenvalue weighted by Crippen LogP contribution is 2.46. The van der Waals surface area contributed by atoms with Crippen LogP contribution < -0.4 is 16.6 Å². The number of pyridine rings is 1. The van der Waals surface area contributed by atoms with Crippen molar-refractivity contribution in [1.82, 2.24) is 10.3 Å². The van der Waals surface area contributed by atoms with Crippen LogP contribution in [0.25, 0.3) is 0 Å². The van der Waals surface area contributed by atoms with Crippen LogP contribution in [-0.2, 0) is 0 Å². The fourth-order valence-electron chi connectivity index (χ4n) is 1.57. The second kappa shape index (κ2) is 4.93. The average Bonchev–Trinajstić information content (AvgIpc) is 3.17. The fourth-order valence-corrected chi connectivity index (χ4v) is 2.29. The van der Waals surface area contributed by atoms with E-state index in [0.29, 0.717) is 18.1 Å². The molecule has 1 fully saturated rings. The summed E-state index contributed by atoms with van der Waals surface area (Å²) in [6.07, 6.45) is 4.43. The maximum atomic E-state index is 11.9. The second-order valence-corrected chi connectivity index (χ2v) is 5.40. The molecule has 1 saturated carbocycles. The Morgan fingerprint density at radius 1 is 1.59 bits per heavy atom.